The van der Waals surface area contributed by atoms with E-state index in [2.05, 4.69) is 60.7 Å². The molecule has 1 atom stereocenters. The molecule has 0 amide bonds. The van der Waals surface area contributed by atoms with Crippen LogP contribution in [0.25, 0.3) is 0 Å². The van der Waals surface area contributed by atoms with Gasteiger partial charge in [0, 0.05) is 30.0 Å². The molecule has 156 valence electrons. The summed E-state index contributed by atoms with van der Waals surface area (Å²) in [6, 6.07) is 4.04. The van der Waals surface area contributed by atoms with E-state index in [4.69, 9.17) is 27.9 Å². The molecule has 1 aromatic carbocycles. The van der Waals surface area contributed by atoms with Crippen LogP contribution in [-0.2, 0) is 36.1 Å². The first-order valence-corrected chi connectivity index (χ1v) is 11.0. The maximum Gasteiger partial charge on any atom is 0 e. The molecule has 0 aromatic heterocycles. The van der Waals surface area contributed by atoms with Crippen LogP contribution >= 0.6 is 0 Å². The second-order valence-electron chi connectivity index (χ2n) is 7.10. The summed E-state index contributed by atoms with van der Waals surface area (Å²) in [5.41, 5.74) is 2.15. The topological polar surface area (TPSA) is 87.4 Å². The summed E-state index contributed by atoms with van der Waals surface area (Å²) in [5, 5.41) is 0.160. The van der Waals surface area contributed by atoms with Crippen molar-refractivity contribution in [3.8, 4) is 11.5 Å². The van der Waals surface area contributed by atoms with Crippen LogP contribution in [0, 0.1) is 26.9 Å². The predicted octanol–water partition coefficient (Wildman–Crippen LogP) is 4.98. The Hall–Kier alpha value is -1.25. The Morgan fingerprint density at radius 3 is 1.71 bits per heavy atom. The van der Waals surface area contributed by atoms with Crippen molar-refractivity contribution >= 4 is 8.32 Å². The van der Waals surface area contributed by atoms with E-state index in [-0.39, 0.29) is 28.5 Å². The van der Waals surface area contributed by atoms with Gasteiger partial charge in [0.1, 0.15) is 11.5 Å². The fourth-order valence-electron chi connectivity index (χ4n) is 1.86. The average Bonchev–Trinajstić information content (AvgIpc) is 2.66. The van der Waals surface area contributed by atoms with Crippen LogP contribution in [0.1, 0.15) is 44.9 Å². The summed E-state index contributed by atoms with van der Waals surface area (Å²) >= 11 is 0. The van der Waals surface area contributed by atoms with E-state index in [0.29, 0.717) is 0 Å². The van der Waals surface area contributed by atoms with Crippen molar-refractivity contribution in [1.29, 1.82) is 0 Å². The number of hydrogen-bond acceptors (Lipinski definition) is 3. The van der Waals surface area contributed by atoms with Crippen molar-refractivity contribution in [2.75, 3.05) is 14.2 Å². The van der Waals surface area contributed by atoms with E-state index in [9.17, 15) is 0 Å². The molecule has 8 heteroatoms. The molecule has 6 nitrogen and oxygen atoms in total. The minimum Gasteiger partial charge on any atom is 0 e. The van der Waals surface area contributed by atoms with Crippen LogP contribution in [0.15, 0.2) is 12.1 Å². The maximum absolute atomic E-state index is 7.50. The third-order valence-corrected chi connectivity index (χ3v) is 8.79. The molecule has 0 unspecified atom stereocenters. The van der Waals surface area contributed by atoms with Crippen LogP contribution in [0.4, 0.5) is 0 Å². The van der Waals surface area contributed by atoms with Crippen LogP contribution in [0.2, 0.25) is 18.1 Å². The Balaban J connectivity index is -0.000000374. The Morgan fingerprint density at radius 2 is 1.39 bits per heavy atom. The molecule has 0 aliphatic carbocycles. The van der Waals surface area contributed by atoms with E-state index in [0.717, 1.165) is 22.6 Å². The molecule has 0 N–H and O–H groups in total. The van der Waals surface area contributed by atoms with E-state index in [1.807, 2.05) is 19.1 Å². The summed E-state index contributed by atoms with van der Waals surface area (Å²) in [6.07, 6.45) is -0.0291. The van der Waals surface area contributed by atoms with E-state index >= 15 is 0 Å². The number of aryl methyl sites for hydroxylation is 1. The summed E-state index contributed by atoms with van der Waals surface area (Å²) in [4.78, 5) is 0. The zero-order chi connectivity index (χ0) is 22.4. The number of hydrogen-bond donors (Lipinski definition) is 0. The molecule has 0 radical (unpaired) electrons. The monoisotopic (exact) mass is 446 g/mol. The van der Waals surface area contributed by atoms with Gasteiger partial charge in [0.25, 0.3) is 8.32 Å². The van der Waals surface area contributed by atoms with Crippen molar-refractivity contribution in [2.24, 2.45) is 0 Å². The second-order valence-corrected chi connectivity index (χ2v) is 11.8. The van der Waals surface area contributed by atoms with Crippen LogP contribution in [0.5, 0.6) is 11.5 Å². The van der Waals surface area contributed by atoms with Gasteiger partial charge in [0.2, 0.25) is 0 Å². The van der Waals surface area contributed by atoms with Crippen LogP contribution in [-0.4, -0.2) is 22.5 Å². The van der Waals surface area contributed by atoms with E-state index < -0.39 is 8.32 Å². The standard InChI is InChI=1S/C17H30O3Si.3CO.Cr/c1-12-10-14(19-7)11-15(13(2)18-6)16(12)20-21(8,9)17(3,4)5;3*1-2;/h10-11,13H,1-9H3;;;;/t13-;;;;/m0..../s1. The summed E-state index contributed by atoms with van der Waals surface area (Å²) in [7, 11) is 1.51. The third-order valence-electron chi connectivity index (χ3n) is 4.47. The minimum absolute atomic E-state index is 0. The van der Waals surface area contributed by atoms with Crippen LogP contribution < -0.4 is 9.16 Å². The summed E-state index contributed by atoms with van der Waals surface area (Å²) in [5.74, 6) is 1.80. The normalized spacial score (nSPS) is 10.7. The van der Waals surface area contributed by atoms with E-state index in [1.165, 1.54) is 0 Å². The van der Waals surface area contributed by atoms with Gasteiger partial charge in [-0.05, 0) is 49.7 Å². The molecule has 0 aliphatic heterocycles. The maximum atomic E-state index is 7.50. The third kappa shape index (κ3) is 10.3. The van der Waals surface area contributed by atoms with Crippen molar-refractivity contribution in [3.63, 3.8) is 0 Å². The SMILES string of the molecule is COc1cc(C)c(O[Si](C)(C)C(C)(C)C)c([C@H](C)OC)c1.[C-]#[O+].[C-]#[O+].[C-]#[O+].[Cr]. The molecular weight excluding hydrogens is 416 g/mol. The van der Waals surface area contributed by atoms with Gasteiger partial charge >= 0.3 is 33.9 Å². The molecule has 0 fully saturated rings. The number of rotatable bonds is 5. The molecule has 0 heterocycles. The van der Waals surface area contributed by atoms with Gasteiger partial charge in [-0.3, -0.25) is 0 Å². The predicted molar refractivity (Wildman–Crippen MR) is 103 cm³/mol. The first kappa shape index (κ1) is 34.3. The molecule has 1 aromatic rings. The van der Waals surface area contributed by atoms with Gasteiger partial charge in [0.15, 0.2) is 0 Å². The Labute approximate surface area is 181 Å². The number of methoxy groups -OCH3 is 2. The molecule has 0 saturated heterocycles. The van der Waals surface area contributed by atoms with E-state index in [1.54, 1.807) is 14.2 Å². The van der Waals surface area contributed by atoms with Gasteiger partial charge < -0.3 is 13.9 Å². The molecule has 1 rings (SSSR count). The molecule has 0 aliphatic rings. The smallest absolute Gasteiger partial charge is 0 e. The zero-order valence-corrected chi connectivity index (χ0v) is 20.4. The van der Waals surface area contributed by atoms with Crippen molar-refractivity contribution in [3.05, 3.63) is 43.2 Å². The molecule has 0 bridgehead atoms. The molecular formula is C20H30CrO6Si. The Kier molecular flexibility index (Phi) is 20.4. The first-order valence-electron chi connectivity index (χ1n) is 8.05. The quantitative estimate of drug-likeness (QED) is 0.363. The van der Waals surface area contributed by atoms with Crippen molar-refractivity contribution in [2.45, 2.75) is 58.9 Å². The average molecular weight is 447 g/mol. The summed E-state index contributed by atoms with van der Waals surface area (Å²) in [6.45, 7) is 28.9. The largest absolute Gasteiger partial charge is 0 e. The number of benzene rings is 1. The van der Waals surface area contributed by atoms with Crippen molar-refractivity contribution < 1.29 is 45.2 Å². The number of ether oxygens (including phenoxy) is 2. The Morgan fingerprint density at radius 1 is 0.964 bits per heavy atom. The van der Waals surface area contributed by atoms with Gasteiger partial charge in [-0.15, -0.1) is 0 Å². The fourth-order valence-corrected chi connectivity index (χ4v) is 2.96. The first-order chi connectivity index (χ1) is 12.5. The molecule has 28 heavy (non-hydrogen) atoms. The van der Waals surface area contributed by atoms with Crippen molar-refractivity contribution in [1.82, 2.24) is 0 Å². The van der Waals surface area contributed by atoms with Crippen LogP contribution in [0.3, 0.4) is 0 Å². The minimum atomic E-state index is -1.89. The summed E-state index contributed by atoms with van der Waals surface area (Å²) < 4.78 is 39.9. The Bertz CT molecular complexity index is 603. The second kappa shape index (κ2) is 16.7. The fraction of sp³-hybridized carbons (Fsp3) is 0.550. The molecule has 0 saturated carbocycles. The van der Waals surface area contributed by atoms with Gasteiger partial charge in [-0.25, -0.2) is 0 Å². The zero-order valence-electron chi connectivity index (χ0n) is 18.1. The van der Waals surface area contributed by atoms with Gasteiger partial charge in [-0.2, -0.15) is 0 Å². The van der Waals surface area contributed by atoms with Gasteiger partial charge in [-0.1, -0.05) is 20.8 Å². The van der Waals surface area contributed by atoms with Gasteiger partial charge in [0.05, 0.1) is 13.2 Å². The molecule has 0 spiro atoms.